The van der Waals surface area contributed by atoms with Gasteiger partial charge in [-0.3, -0.25) is 9.69 Å². The molecule has 1 heterocycles. The van der Waals surface area contributed by atoms with Gasteiger partial charge in [-0.2, -0.15) is 0 Å². The summed E-state index contributed by atoms with van der Waals surface area (Å²) in [4.78, 5) is 12.6. The predicted molar refractivity (Wildman–Crippen MR) is 53.3 cm³/mol. The molecule has 0 amide bonds. The Hall–Kier alpha value is -0.610. The number of nitrogens with zero attached hydrogens (tertiary/aromatic N) is 1. The smallest absolute Gasteiger partial charge is 0.303 e. The summed E-state index contributed by atoms with van der Waals surface area (Å²) in [5.74, 6) is -0.709. The maximum Gasteiger partial charge on any atom is 0.303 e. The Bertz CT molecular complexity index is 186. The standard InChI is InChI=1S/C10H19NO3/c1-8-6-11(7-9(2)14-8)5-3-4-10(12)13/h8-9H,3-7H2,1-2H3,(H,12,13)/t8-,9-/m1/s1. The fourth-order valence-corrected chi connectivity index (χ4v) is 1.92. The number of rotatable bonds is 4. The van der Waals surface area contributed by atoms with E-state index in [9.17, 15) is 4.79 Å². The first-order chi connectivity index (χ1) is 6.58. The van der Waals surface area contributed by atoms with Crippen LogP contribution in [0.4, 0.5) is 0 Å². The molecule has 0 aromatic carbocycles. The van der Waals surface area contributed by atoms with Crippen molar-refractivity contribution < 1.29 is 14.6 Å². The lowest BCUT2D eigenvalue weighted by atomic mass is 10.2. The van der Waals surface area contributed by atoms with Crippen LogP contribution in [0.5, 0.6) is 0 Å². The molecule has 0 bridgehead atoms. The molecule has 0 unspecified atom stereocenters. The van der Waals surface area contributed by atoms with Crippen molar-refractivity contribution in [3.8, 4) is 0 Å². The van der Waals surface area contributed by atoms with Crippen molar-refractivity contribution in [3.05, 3.63) is 0 Å². The molecule has 14 heavy (non-hydrogen) atoms. The van der Waals surface area contributed by atoms with E-state index in [1.807, 2.05) is 0 Å². The van der Waals surface area contributed by atoms with Crippen LogP contribution in [0, 0.1) is 0 Å². The number of carboxylic acids is 1. The van der Waals surface area contributed by atoms with Gasteiger partial charge in [-0.05, 0) is 26.8 Å². The molecule has 0 spiro atoms. The predicted octanol–water partition coefficient (Wildman–Crippen LogP) is 0.960. The van der Waals surface area contributed by atoms with E-state index in [2.05, 4.69) is 18.7 Å². The van der Waals surface area contributed by atoms with E-state index >= 15 is 0 Å². The molecule has 4 nitrogen and oxygen atoms in total. The quantitative estimate of drug-likeness (QED) is 0.736. The maximum absolute atomic E-state index is 10.3. The molecule has 1 aliphatic rings. The van der Waals surface area contributed by atoms with Gasteiger partial charge in [0.15, 0.2) is 0 Å². The highest BCUT2D eigenvalue weighted by Crippen LogP contribution is 2.11. The van der Waals surface area contributed by atoms with Crippen LogP contribution in [-0.2, 0) is 9.53 Å². The van der Waals surface area contributed by atoms with Crippen molar-refractivity contribution in [1.82, 2.24) is 4.90 Å². The maximum atomic E-state index is 10.3. The van der Waals surface area contributed by atoms with E-state index in [1.165, 1.54) is 0 Å². The van der Waals surface area contributed by atoms with Gasteiger partial charge in [0.05, 0.1) is 12.2 Å². The minimum absolute atomic E-state index is 0.264. The Morgan fingerprint density at radius 1 is 1.43 bits per heavy atom. The van der Waals surface area contributed by atoms with E-state index in [0.717, 1.165) is 26.1 Å². The number of hydrogen-bond acceptors (Lipinski definition) is 3. The van der Waals surface area contributed by atoms with Crippen molar-refractivity contribution in [3.63, 3.8) is 0 Å². The first-order valence-corrected chi connectivity index (χ1v) is 5.17. The van der Waals surface area contributed by atoms with Crippen molar-refractivity contribution in [2.24, 2.45) is 0 Å². The molecule has 0 radical (unpaired) electrons. The van der Waals surface area contributed by atoms with Crippen LogP contribution in [0.1, 0.15) is 26.7 Å². The van der Waals surface area contributed by atoms with Gasteiger partial charge in [0.1, 0.15) is 0 Å². The molecule has 2 atom stereocenters. The molecule has 1 rings (SSSR count). The van der Waals surface area contributed by atoms with Crippen LogP contribution in [-0.4, -0.2) is 47.8 Å². The second kappa shape index (κ2) is 5.32. The Balaban J connectivity index is 2.20. The summed E-state index contributed by atoms with van der Waals surface area (Å²) in [6, 6.07) is 0. The number of hydrogen-bond donors (Lipinski definition) is 1. The average molecular weight is 201 g/mol. The molecule has 1 aliphatic heterocycles. The van der Waals surface area contributed by atoms with Crippen LogP contribution < -0.4 is 0 Å². The lowest BCUT2D eigenvalue weighted by Gasteiger charge is -2.35. The third-order valence-electron chi connectivity index (χ3n) is 2.36. The summed E-state index contributed by atoms with van der Waals surface area (Å²) in [7, 11) is 0. The SMILES string of the molecule is C[C@@H]1CN(CCCC(=O)O)C[C@@H](C)O1. The van der Waals surface area contributed by atoms with E-state index in [0.29, 0.717) is 0 Å². The van der Waals surface area contributed by atoms with Gasteiger partial charge in [-0.1, -0.05) is 0 Å². The van der Waals surface area contributed by atoms with Crippen molar-refractivity contribution >= 4 is 5.97 Å². The Labute approximate surface area is 84.8 Å². The van der Waals surface area contributed by atoms with Crippen LogP contribution in [0.2, 0.25) is 0 Å². The van der Waals surface area contributed by atoms with Gasteiger partial charge < -0.3 is 9.84 Å². The first kappa shape index (κ1) is 11.5. The second-order valence-corrected chi connectivity index (χ2v) is 4.01. The molecule has 1 saturated heterocycles. The van der Waals surface area contributed by atoms with Crippen LogP contribution >= 0.6 is 0 Å². The number of carbonyl (C=O) groups is 1. The van der Waals surface area contributed by atoms with Crippen LogP contribution in [0.3, 0.4) is 0 Å². The zero-order valence-corrected chi connectivity index (χ0v) is 8.90. The number of morpholine rings is 1. The van der Waals surface area contributed by atoms with E-state index in [4.69, 9.17) is 9.84 Å². The van der Waals surface area contributed by atoms with Crippen molar-refractivity contribution in [2.45, 2.75) is 38.9 Å². The van der Waals surface area contributed by atoms with E-state index < -0.39 is 5.97 Å². The summed E-state index contributed by atoms with van der Waals surface area (Å²) < 4.78 is 5.59. The Morgan fingerprint density at radius 2 is 2.00 bits per heavy atom. The second-order valence-electron chi connectivity index (χ2n) is 4.01. The molecule has 0 aromatic rings. The largest absolute Gasteiger partial charge is 0.481 e. The Kier molecular flexibility index (Phi) is 4.35. The van der Waals surface area contributed by atoms with Crippen molar-refractivity contribution in [2.75, 3.05) is 19.6 Å². The molecule has 1 fully saturated rings. The third kappa shape index (κ3) is 4.07. The molecule has 82 valence electrons. The lowest BCUT2D eigenvalue weighted by Crippen LogP contribution is -2.45. The highest BCUT2D eigenvalue weighted by atomic mass is 16.5. The minimum Gasteiger partial charge on any atom is -0.481 e. The van der Waals surface area contributed by atoms with Gasteiger partial charge in [0, 0.05) is 19.5 Å². The zero-order valence-electron chi connectivity index (χ0n) is 8.90. The van der Waals surface area contributed by atoms with Gasteiger partial charge in [-0.15, -0.1) is 0 Å². The highest BCUT2D eigenvalue weighted by Gasteiger charge is 2.21. The van der Waals surface area contributed by atoms with Gasteiger partial charge >= 0.3 is 5.97 Å². The summed E-state index contributed by atoms with van der Waals surface area (Å²) in [5, 5.41) is 8.50. The van der Waals surface area contributed by atoms with Crippen LogP contribution in [0.25, 0.3) is 0 Å². The molecule has 4 heteroatoms. The molecule has 0 aromatic heterocycles. The molecular formula is C10H19NO3. The monoisotopic (exact) mass is 201 g/mol. The average Bonchev–Trinajstić information content (AvgIpc) is 2.01. The summed E-state index contributed by atoms with van der Waals surface area (Å²) in [6.45, 7) is 6.82. The van der Waals surface area contributed by atoms with Gasteiger partial charge in [-0.25, -0.2) is 0 Å². The summed E-state index contributed by atoms with van der Waals surface area (Å²) >= 11 is 0. The lowest BCUT2D eigenvalue weighted by molar-refractivity contribution is -0.137. The Morgan fingerprint density at radius 3 is 2.50 bits per heavy atom. The number of aliphatic carboxylic acids is 1. The minimum atomic E-state index is -0.709. The summed E-state index contributed by atoms with van der Waals surface area (Å²) in [5.41, 5.74) is 0. The number of carboxylic acid groups (broad SMARTS) is 1. The fourth-order valence-electron chi connectivity index (χ4n) is 1.92. The normalized spacial score (nSPS) is 29.0. The van der Waals surface area contributed by atoms with Crippen LogP contribution in [0.15, 0.2) is 0 Å². The van der Waals surface area contributed by atoms with Gasteiger partial charge in [0.2, 0.25) is 0 Å². The molecule has 0 saturated carbocycles. The zero-order chi connectivity index (χ0) is 10.6. The highest BCUT2D eigenvalue weighted by molar-refractivity contribution is 5.66. The van der Waals surface area contributed by atoms with Gasteiger partial charge in [0.25, 0.3) is 0 Å². The number of ether oxygens (including phenoxy) is 1. The van der Waals surface area contributed by atoms with E-state index in [-0.39, 0.29) is 18.6 Å². The van der Waals surface area contributed by atoms with E-state index in [1.54, 1.807) is 0 Å². The third-order valence-corrected chi connectivity index (χ3v) is 2.36. The molecule has 0 aliphatic carbocycles. The molecular weight excluding hydrogens is 182 g/mol. The topological polar surface area (TPSA) is 49.8 Å². The summed E-state index contributed by atoms with van der Waals surface area (Å²) in [6.07, 6.45) is 1.53. The molecule has 1 N–H and O–H groups in total. The van der Waals surface area contributed by atoms with Crippen molar-refractivity contribution in [1.29, 1.82) is 0 Å². The fraction of sp³-hybridized carbons (Fsp3) is 0.900. The first-order valence-electron chi connectivity index (χ1n) is 5.17.